The molecule has 10 rings (SSSR count). The van der Waals surface area contributed by atoms with E-state index in [-0.39, 0.29) is 0 Å². The van der Waals surface area contributed by atoms with Gasteiger partial charge in [-0.2, -0.15) is 0 Å². The van der Waals surface area contributed by atoms with Crippen molar-refractivity contribution in [3.63, 3.8) is 0 Å². The molecule has 0 aliphatic heterocycles. The van der Waals surface area contributed by atoms with E-state index in [2.05, 4.69) is 170 Å². The summed E-state index contributed by atoms with van der Waals surface area (Å²) in [7, 11) is 0. The zero-order chi connectivity index (χ0) is 31.6. The Morgan fingerprint density at radius 2 is 0.812 bits per heavy atom. The molecule has 0 fully saturated rings. The Hall–Kier alpha value is -6.38. The molecule has 2 heterocycles. The van der Waals surface area contributed by atoms with E-state index in [1.807, 2.05) is 0 Å². The highest BCUT2D eigenvalue weighted by Crippen LogP contribution is 2.49. The van der Waals surface area contributed by atoms with Crippen LogP contribution in [-0.4, -0.2) is 0 Å². The maximum absolute atomic E-state index is 7.07. The fourth-order valence-electron chi connectivity index (χ4n) is 7.56. The Morgan fingerprint density at radius 1 is 0.312 bits per heavy atom. The molecule has 0 saturated carbocycles. The van der Waals surface area contributed by atoms with E-state index in [9.17, 15) is 0 Å². The highest BCUT2D eigenvalue weighted by atomic mass is 16.3. The van der Waals surface area contributed by atoms with E-state index >= 15 is 0 Å². The van der Waals surface area contributed by atoms with Gasteiger partial charge in [0.25, 0.3) is 0 Å². The first-order chi connectivity index (χ1) is 23.8. The Balaban J connectivity index is 1.32. The summed E-state index contributed by atoms with van der Waals surface area (Å²) in [4.78, 5) is 0. The van der Waals surface area contributed by atoms with Crippen molar-refractivity contribution >= 4 is 54.3 Å². The predicted octanol–water partition coefficient (Wildman–Crippen LogP) is 13.3. The van der Waals surface area contributed by atoms with Gasteiger partial charge < -0.3 is 8.83 Å². The normalized spacial score (nSPS) is 11.8. The summed E-state index contributed by atoms with van der Waals surface area (Å²) in [6.07, 6.45) is 0. The molecule has 224 valence electrons. The topological polar surface area (TPSA) is 26.3 Å². The van der Waals surface area contributed by atoms with Crippen molar-refractivity contribution in [3.8, 4) is 44.9 Å². The molecule has 0 saturated heterocycles. The van der Waals surface area contributed by atoms with Crippen LogP contribution < -0.4 is 0 Å². The molecule has 0 N–H and O–H groups in total. The minimum atomic E-state index is 0.854. The van der Waals surface area contributed by atoms with Crippen LogP contribution in [0.25, 0.3) is 99.2 Å². The molecule has 2 heteroatoms. The number of fused-ring (bicyclic) bond motifs is 7. The molecule has 10 aromatic rings. The average molecular weight is 613 g/mol. The predicted molar refractivity (Wildman–Crippen MR) is 200 cm³/mol. The van der Waals surface area contributed by atoms with Gasteiger partial charge in [-0.25, -0.2) is 0 Å². The molecule has 0 spiro atoms. The van der Waals surface area contributed by atoms with Gasteiger partial charge in [-0.1, -0.05) is 152 Å². The third-order valence-electron chi connectivity index (χ3n) is 9.70. The first-order valence-electron chi connectivity index (χ1n) is 16.4. The number of benzene rings is 8. The van der Waals surface area contributed by atoms with Crippen LogP contribution in [0.15, 0.2) is 179 Å². The maximum atomic E-state index is 7.07. The van der Waals surface area contributed by atoms with Crippen molar-refractivity contribution < 1.29 is 8.83 Å². The number of rotatable bonds is 4. The second-order valence-corrected chi connectivity index (χ2v) is 12.4. The van der Waals surface area contributed by atoms with E-state index in [4.69, 9.17) is 8.83 Å². The van der Waals surface area contributed by atoms with Crippen molar-refractivity contribution in [2.45, 2.75) is 0 Å². The van der Waals surface area contributed by atoms with Crippen LogP contribution in [0.3, 0.4) is 0 Å². The molecule has 0 atom stereocenters. The minimum absolute atomic E-state index is 0.854. The molecular weight excluding hydrogens is 585 g/mol. The van der Waals surface area contributed by atoms with Crippen molar-refractivity contribution in [2.75, 3.05) is 0 Å². The summed E-state index contributed by atoms with van der Waals surface area (Å²) in [5.41, 5.74) is 8.35. The smallest absolute Gasteiger partial charge is 0.143 e. The van der Waals surface area contributed by atoms with E-state index in [0.29, 0.717) is 0 Å². The van der Waals surface area contributed by atoms with Crippen molar-refractivity contribution in [1.82, 2.24) is 0 Å². The van der Waals surface area contributed by atoms with Crippen LogP contribution >= 0.6 is 0 Å². The zero-order valence-electron chi connectivity index (χ0n) is 26.0. The monoisotopic (exact) mass is 612 g/mol. The molecule has 8 aromatic carbocycles. The van der Waals surface area contributed by atoms with Gasteiger partial charge in [-0.05, 0) is 56.3 Å². The second kappa shape index (κ2) is 10.6. The second-order valence-electron chi connectivity index (χ2n) is 12.4. The van der Waals surface area contributed by atoms with Gasteiger partial charge in [0.05, 0.1) is 0 Å². The molecule has 0 bridgehead atoms. The van der Waals surface area contributed by atoms with Crippen LogP contribution in [0.2, 0.25) is 0 Å². The van der Waals surface area contributed by atoms with Gasteiger partial charge in [-0.3, -0.25) is 0 Å². The van der Waals surface area contributed by atoms with Gasteiger partial charge >= 0.3 is 0 Å². The average Bonchev–Trinajstić information content (AvgIpc) is 3.75. The van der Waals surface area contributed by atoms with Gasteiger partial charge in [-0.15, -0.1) is 0 Å². The van der Waals surface area contributed by atoms with E-state index < -0.39 is 0 Å². The largest absolute Gasteiger partial charge is 0.455 e. The third kappa shape index (κ3) is 4.00. The van der Waals surface area contributed by atoms with Crippen molar-refractivity contribution in [1.29, 1.82) is 0 Å². The van der Waals surface area contributed by atoms with E-state index in [1.54, 1.807) is 0 Å². The van der Waals surface area contributed by atoms with Gasteiger partial charge in [0.1, 0.15) is 22.7 Å². The standard InChI is InChI=1S/C46H28O2/c1-3-15-31(16-4-1)41-39-26-25-35-38(44(39)48-45(41)36-23-11-19-29-13-7-9-21-33(29)36)27-28-40-43(35)42(32-17-5-2-6-18-32)46(47-40)37-24-12-20-30-14-8-10-22-34(30)37/h1-28H. The lowest BCUT2D eigenvalue weighted by Gasteiger charge is -2.08. The molecule has 48 heavy (non-hydrogen) atoms. The van der Waals surface area contributed by atoms with E-state index in [1.165, 1.54) is 21.5 Å². The molecule has 2 nitrogen and oxygen atoms in total. The van der Waals surface area contributed by atoms with Gasteiger partial charge in [0.15, 0.2) is 0 Å². The SMILES string of the molecule is c1ccc(-c2c(-c3cccc4ccccc34)oc3c2ccc2c3ccc3oc(-c4cccc5ccccc45)c(-c4ccccc4)c32)cc1. The fraction of sp³-hybridized carbons (Fsp3) is 0. The molecular formula is C46H28O2. The van der Waals surface area contributed by atoms with Crippen LogP contribution in [0, 0.1) is 0 Å². The summed E-state index contributed by atoms with van der Waals surface area (Å²) < 4.78 is 13.9. The van der Waals surface area contributed by atoms with Crippen LogP contribution in [0.1, 0.15) is 0 Å². The lowest BCUT2D eigenvalue weighted by atomic mass is 9.92. The Labute approximate surface area is 277 Å². The summed E-state index contributed by atoms with van der Waals surface area (Å²) in [5, 5.41) is 9.06. The minimum Gasteiger partial charge on any atom is -0.455 e. The quantitative estimate of drug-likeness (QED) is 0.198. The summed E-state index contributed by atoms with van der Waals surface area (Å²) >= 11 is 0. The zero-order valence-corrected chi connectivity index (χ0v) is 26.0. The van der Waals surface area contributed by atoms with Crippen molar-refractivity contribution in [3.05, 3.63) is 170 Å². The Kier molecular flexibility index (Phi) is 5.91. The lowest BCUT2D eigenvalue weighted by Crippen LogP contribution is -1.84. The molecule has 0 unspecified atom stereocenters. The Morgan fingerprint density at radius 3 is 1.46 bits per heavy atom. The van der Waals surface area contributed by atoms with Gasteiger partial charge in [0, 0.05) is 38.4 Å². The Bertz CT molecular complexity index is 2810. The summed E-state index contributed by atoms with van der Waals surface area (Å²) in [6, 6.07) is 59.9. The number of hydrogen-bond donors (Lipinski definition) is 0. The van der Waals surface area contributed by atoms with Crippen LogP contribution in [-0.2, 0) is 0 Å². The molecule has 0 aliphatic rings. The van der Waals surface area contributed by atoms with Crippen LogP contribution in [0.4, 0.5) is 0 Å². The number of furan rings is 2. The third-order valence-corrected chi connectivity index (χ3v) is 9.70. The van der Waals surface area contributed by atoms with E-state index in [0.717, 1.165) is 77.6 Å². The molecule has 0 radical (unpaired) electrons. The fourth-order valence-corrected chi connectivity index (χ4v) is 7.56. The summed E-state index contributed by atoms with van der Waals surface area (Å²) in [6.45, 7) is 0. The molecule has 2 aromatic heterocycles. The highest BCUT2D eigenvalue weighted by Gasteiger charge is 2.25. The highest BCUT2D eigenvalue weighted by molar-refractivity contribution is 6.23. The molecule has 0 amide bonds. The number of hydrogen-bond acceptors (Lipinski definition) is 2. The van der Waals surface area contributed by atoms with Crippen LogP contribution in [0.5, 0.6) is 0 Å². The lowest BCUT2D eigenvalue weighted by molar-refractivity contribution is 0.633. The molecule has 0 aliphatic carbocycles. The van der Waals surface area contributed by atoms with Gasteiger partial charge in [0.2, 0.25) is 0 Å². The van der Waals surface area contributed by atoms with Crippen molar-refractivity contribution in [2.24, 2.45) is 0 Å². The first kappa shape index (κ1) is 26.8. The summed E-state index contributed by atoms with van der Waals surface area (Å²) in [5.74, 6) is 1.76. The first-order valence-corrected chi connectivity index (χ1v) is 16.4. The maximum Gasteiger partial charge on any atom is 0.143 e.